The average molecular weight is 249 g/mol. The van der Waals surface area contributed by atoms with Gasteiger partial charge in [0.15, 0.2) is 0 Å². The summed E-state index contributed by atoms with van der Waals surface area (Å²) in [6.07, 6.45) is 3.57. The molecule has 98 valence electrons. The summed E-state index contributed by atoms with van der Waals surface area (Å²) < 4.78 is 7.36. The molecule has 0 atom stereocenters. The Kier molecular flexibility index (Phi) is 3.07. The maximum atomic E-state index is 11.8. The van der Waals surface area contributed by atoms with Crippen LogP contribution in [-0.2, 0) is 16.1 Å². The van der Waals surface area contributed by atoms with Crippen LogP contribution in [0.5, 0.6) is 0 Å². The number of hydrogen-bond acceptors (Lipinski definition) is 3. The monoisotopic (exact) mass is 249 g/mol. The van der Waals surface area contributed by atoms with Crippen molar-refractivity contribution in [1.82, 2.24) is 9.78 Å². The average Bonchev–Trinajstić information content (AvgIpc) is 2.78. The molecule has 0 saturated carbocycles. The van der Waals surface area contributed by atoms with Gasteiger partial charge in [0.2, 0.25) is 5.91 Å². The molecule has 1 saturated heterocycles. The van der Waals surface area contributed by atoms with Crippen LogP contribution in [0, 0.1) is 0 Å². The van der Waals surface area contributed by atoms with Crippen LogP contribution in [0.1, 0.15) is 37.3 Å². The molecule has 1 fully saturated rings. The van der Waals surface area contributed by atoms with Crippen molar-refractivity contribution >= 4 is 11.7 Å². The highest BCUT2D eigenvalue weighted by Crippen LogP contribution is 2.30. The lowest BCUT2D eigenvalue weighted by atomic mass is 9.97. The first-order chi connectivity index (χ1) is 8.75. The molecule has 0 spiro atoms. The maximum absolute atomic E-state index is 11.8. The van der Waals surface area contributed by atoms with Crippen molar-refractivity contribution in [3.63, 3.8) is 0 Å². The first kappa shape index (κ1) is 11.7. The first-order valence-corrected chi connectivity index (χ1v) is 6.68. The van der Waals surface area contributed by atoms with Gasteiger partial charge in [-0.1, -0.05) is 0 Å². The third-order valence-electron chi connectivity index (χ3n) is 3.90. The summed E-state index contributed by atoms with van der Waals surface area (Å²) in [7, 11) is 1.84. The molecule has 0 aromatic carbocycles. The van der Waals surface area contributed by atoms with E-state index in [0.717, 1.165) is 50.5 Å². The normalized spacial score (nSPS) is 21.8. The number of nitrogens with zero attached hydrogens (tertiary/aromatic N) is 3. The molecule has 1 aromatic rings. The Balaban J connectivity index is 1.88. The topological polar surface area (TPSA) is 47.4 Å². The Labute approximate surface area is 107 Å². The van der Waals surface area contributed by atoms with Crippen molar-refractivity contribution in [3.05, 3.63) is 11.8 Å². The molecule has 5 nitrogen and oxygen atoms in total. The highest BCUT2D eigenvalue weighted by Gasteiger charge is 2.25. The molecule has 2 aliphatic heterocycles. The lowest BCUT2D eigenvalue weighted by molar-refractivity contribution is -0.118. The van der Waals surface area contributed by atoms with Crippen molar-refractivity contribution in [2.24, 2.45) is 0 Å². The van der Waals surface area contributed by atoms with Gasteiger partial charge in [-0.15, -0.1) is 0 Å². The van der Waals surface area contributed by atoms with Gasteiger partial charge in [0.05, 0.1) is 5.69 Å². The minimum absolute atomic E-state index is 0.187. The number of fused-ring (bicyclic) bond motifs is 1. The molecule has 1 amide bonds. The van der Waals surface area contributed by atoms with Crippen LogP contribution in [0.3, 0.4) is 0 Å². The lowest BCUT2D eigenvalue weighted by Crippen LogP contribution is -2.25. The largest absolute Gasteiger partial charge is 0.381 e. The molecule has 18 heavy (non-hydrogen) atoms. The summed E-state index contributed by atoms with van der Waals surface area (Å²) in [6, 6.07) is 2.08. The SMILES string of the molecule is CN1C(=O)CCCn2nc(C3CCOCC3)cc21. The van der Waals surface area contributed by atoms with Crippen molar-refractivity contribution < 1.29 is 9.53 Å². The molecule has 1 aromatic heterocycles. The number of aryl methyl sites for hydroxylation is 1. The van der Waals surface area contributed by atoms with Gasteiger partial charge >= 0.3 is 0 Å². The number of hydrogen-bond donors (Lipinski definition) is 0. The summed E-state index contributed by atoms with van der Waals surface area (Å²) in [4.78, 5) is 13.6. The highest BCUT2D eigenvalue weighted by molar-refractivity contribution is 5.92. The quantitative estimate of drug-likeness (QED) is 0.758. The Morgan fingerprint density at radius 3 is 2.94 bits per heavy atom. The Morgan fingerprint density at radius 1 is 1.39 bits per heavy atom. The molecule has 3 heterocycles. The van der Waals surface area contributed by atoms with E-state index in [1.54, 1.807) is 4.90 Å². The molecule has 5 heteroatoms. The smallest absolute Gasteiger partial charge is 0.227 e. The highest BCUT2D eigenvalue weighted by atomic mass is 16.5. The summed E-state index contributed by atoms with van der Waals surface area (Å²) in [5.41, 5.74) is 1.12. The van der Waals surface area contributed by atoms with Crippen molar-refractivity contribution in [3.8, 4) is 0 Å². The van der Waals surface area contributed by atoms with Gasteiger partial charge in [0.25, 0.3) is 0 Å². The summed E-state index contributed by atoms with van der Waals surface area (Å²) in [5.74, 6) is 1.62. The van der Waals surface area contributed by atoms with E-state index in [2.05, 4.69) is 11.2 Å². The molecule has 0 unspecified atom stereocenters. The van der Waals surface area contributed by atoms with E-state index in [-0.39, 0.29) is 5.91 Å². The van der Waals surface area contributed by atoms with Crippen LogP contribution in [0.15, 0.2) is 6.07 Å². The Bertz CT molecular complexity index is 449. The molecular formula is C13H19N3O2. The maximum Gasteiger partial charge on any atom is 0.227 e. The number of rotatable bonds is 1. The van der Waals surface area contributed by atoms with E-state index in [1.165, 1.54) is 0 Å². The van der Waals surface area contributed by atoms with Gasteiger partial charge in [-0.3, -0.25) is 4.79 Å². The molecule has 0 N–H and O–H groups in total. The second-order valence-corrected chi connectivity index (χ2v) is 5.09. The second kappa shape index (κ2) is 4.72. The van der Waals surface area contributed by atoms with E-state index in [1.807, 2.05) is 11.7 Å². The number of aromatic nitrogens is 2. The fourth-order valence-electron chi connectivity index (χ4n) is 2.73. The fourth-order valence-corrected chi connectivity index (χ4v) is 2.73. The van der Waals surface area contributed by atoms with Crippen molar-refractivity contribution in [2.45, 2.75) is 38.1 Å². The third-order valence-corrected chi connectivity index (χ3v) is 3.90. The van der Waals surface area contributed by atoms with E-state index < -0.39 is 0 Å². The van der Waals surface area contributed by atoms with Crippen LogP contribution in [-0.4, -0.2) is 35.9 Å². The van der Waals surface area contributed by atoms with E-state index in [9.17, 15) is 4.79 Å². The van der Waals surface area contributed by atoms with E-state index in [0.29, 0.717) is 12.3 Å². The lowest BCUT2D eigenvalue weighted by Gasteiger charge is -2.20. The number of anilines is 1. The van der Waals surface area contributed by atoms with Crippen LogP contribution in [0.4, 0.5) is 5.82 Å². The van der Waals surface area contributed by atoms with Gasteiger partial charge < -0.3 is 9.64 Å². The van der Waals surface area contributed by atoms with Gasteiger partial charge in [0, 0.05) is 45.2 Å². The second-order valence-electron chi connectivity index (χ2n) is 5.09. The fraction of sp³-hybridized carbons (Fsp3) is 0.692. The molecule has 2 aliphatic rings. The Hall–Kier alpha value is -1.36. The third kappa shape index (κ3) is 2.03. The molecule has 0 bridgehead atoms. The molecule has 0 radical (unpaired) electrons. The van der Waals surface area contributed by atoms with Gasteiger partial charge in [0.1, 0.15) is 5.82 Å². The van der Waals surface area contributed by atoms with Crippen LogP contribution >= 0.6 is 0 Å². The van der Waals surface area contributed by atoms with Crippen molar-refractivity contribution in [2.75, 3.05) is 25.2 Å². The van der Waals surface area contributed by atoms with Gasteiger partial charge in [-0.05, 0) is 19.3 Å². The molecule has 0 aliphatic carbocycles. The van der Waals surface area contributed by atoms with Gasteiger partial charge in [-0.2, -0.15) is 5.10 Å². The van der Waals surface area contributed by atoms with Crippen LogP contribution in [0.25, 0.3) is 0 Å². The molecular weight excluding hydrogens is 230 g/mol. The Morgan fingerprint density at radius 2 is 2.17 bits per heavy atom. The van der Waals surface area contributed by atoms with Crippen molar-refractivity contribution in [1.29, 1.82) is 0 Å². The zero-order chi connectivity index (χ0) is 12.5. The predicted octanol–water partition coefficient (Wildman–Crippen LogP) is 1.53. The summed E-state index contributed by atoms with van der Waals surface area (Å²) >= 11 is 0. The number of amides is 1. The number of carbonyl (C=O) groups is 1. The number of carbonyl (C=O) groups excluding carboxylic acids is 1. The van der Waals surface area contributed by atoms with Gasteiger partial charge in [-0.25, -0.2) is 4.68 Å². The standard InChI is InChI=1S/C13H19N3O2/c1-15-12-9-11(10-4-7-18-8-5-10)14-16(12)6-2-3-13(15)17/h9-10H,2-8H2,1H3. The summed E-state index contributed by atoms with van der Waals surface area (Å²) in [5, 5.41) is 4.69. The minimum Gasteiger partial charge on any atom is -0.381 e. The van der Waals surface area contributed by atoms with E-state index >= 15 is 0 Å². The first-order valence-electron chi connectivity index (χ1n) is 6.68. The van der Waals surface area contributed by atoms with E-state index in [4.69, 9.17) is 4.74 Å². The minimum atomic E-state index is 0.187. The van der Waals surface area contributed by atoms with Crippen LogP contribution < -0.4 is 4.90 Å². The zero-order valence-corrected chi connectivity index (χ0v) is 10.8. The summed E-state index contributed by atoms with van der Waals surface area (Å²) in [6.45, 7) is 2.48. The number of ether oxygens (including phenoxy) is 1. The predicted molar refractivity (Wildman–Crippen MR) is 67.7 cm³/mol. The molecule has 3 rings (SSSR count). The van der Waals surface area contributed by atoms with Crippen LogP contribution in [0.2, 0.25) is 0 Å². The zero-order valence-electron chi connectivity index (χ0n) is 10.8.